The minimum atomic E-state index is 0.641. The molecule has 2 heterocycles. The molecule has 0 aliphatic carbocycles. The van der Waals surface area contributed by atoms with E-state index < -0.39 is 0 Å². The zero-order chi connectivity index (χ0) is 13.2. The predicted molar refractivity (Wildman–Crippen MR) is 78.3 cm³/mol. The smallest absolute Gasteiger partial charge is 0.134 e. The molecule has 1 aliphatic heterocycles. The van der Waals surface area contributed by atoms with E-state index in [0.29, 0.717) is 6.04 Å². The Morgan fingerprint density at radius 1 is 1.37 bits per heavy atom. The lowest BCUT2D eigenvalue weighted by atomic mass is 10.0. The van der Waals surface area contributed by atoms with E-state index >= 15 is 0 Å². The molecule has 0 radical (unpaired) electrons. The Hall–Kier alpha value is -1.32. The molecule has 2 aromatic rings. The van der Waals surface area contributed by atoms with Gasteiger partial charge in [-0.15, -0.1) is 0 Å². The first-order valence-corrected chi connectivity index (χ1v) is 7.13. The van der Waals surface area contributed by atoms with Gasteiger partial charge in [0.25, 0.3) is 0 Å². The van der Waals surface area contributed by atoms with E-state index in [-0.39, 0.29) is 0 Å². The highest BCUT2D eigenvalue weighted by atomic mass is 16.3. The number of para-hydroxylation sites is 1. The molecule has 3 heteroatoms. The Labute approximate surface area is 114 Å². The SMILES string of the molecule is Cc1oc2ccccc2c1CN(C)C1CCCNC1. The summed E-state index contributed by atoms with van der Waals surface area (Å²) < 4.78 is 5.84. The van der Waals surface area contributed by atoms with Crippen LogP contribution in [0.15, 0.2) is 28.7 Å². The van der Waals surface area contributed by atoms with Gasteiger partial charge in [0, 0.05) is 30.1 Å². The van der Waals surface area contributed by atoms with Crippen molar-refractivity contribution in [1.82, 2.24) is 10.2 Å². The molecule has 0 amide bonds. The van der Waals surface area contributed by atoms with Crippen LogP contribution in [0.1, 0.15) is 24.2 Å². The van der Waals surface area contributed by atoms with Crippen molar-refractivity contribution in [2.24, 2.45) is 0 Å². The third kappa shape index (κ3) is 2.53. The number of hydrogen-bond acceptors (Lipinski definition) is 3. The van der Waals surface area contributed by atoms with Crippen molar-refractivity contribution in [3.63, 3.8) is 0 Å². The molecular weight excluding hydrogens is 236 g/mol. The summed E-state index contributed by atoms with van der Waals surface area (Å²) in [6.45, 7) is 5.31. The lowest BCUT2D eigenvalue weighted by molar-refractivity contribution is 0.195. The van der Waals surface area contributed by atoms with Crippen LogP contribution in [-0.2, 0) is 6.54 Å². The monoisotopic (exact) mass is 258 g/mol. The third-order valence-corrected chi connectivity index (χ3v) is 4.20. The molecule has 1 aromatic heterocycles. The summed E-state index contributed by atoms with van der Waals surface area (Å²) in [6.07, 6.45) is 2.57. The molecule has 1 saturated heterocycles. The summed E-state index contributed by atoms with van der Waals surface area (Å²) >= 11 is 0. The number of rotatable bonds is 3. The van der Waals surface area contributed by atoms with Gasteiger partial charge >= 0.3 is 0 Å². The molecule has 1 fully saturated rings. The van der Waals surface area contributed by atoms with Crippen molar-refractivity contribution in [3.8, 4) is 0 Å². The fourth-order valence-corrected chi connectivity index (χ4v) is 3.01. The Bertz CT molecular complexity index is 555. The maximum atomic E-state index is 5.84. The topological polar surface area (TPSA) is 28.4 Å². The van der Waals surface area contributed by atoms with E-state index in [2.05, 4.69) is 36.3 Å². The second-order valence-corrected chi connectivity index (χ2v) is 5.55. The molecular formula is C16H22N2O. The van der Waals surface area contributed by atoms with Crippen molar-refractivity contribution in [2.75, 3.05) is 20.1 Å². The van der Waals surface area contributed by atoms with Crippen LogP contribution in [0, 0.1) is 6.92 Å². The molecule has 1 aromatic carbocycles. The molecule has 3 rings (SSSR count). The first-order chi connectivity index (χ1) is 9.25. The summed E-state index contributed by atoms with van der Waals surface area (Å²) in [5.74, 6) is 1.05. The zero-order valence-electron chi connectivity index (χ0n) is 11.8. The van der Waals surface area contributed by atoms with E-state index in [1.54, 1.807) is 0 Å². The molecule has 1 N–H and O–H groups in total. The number of fused-ring (bicyclic) bond motifs is 1. The molecule has 102 valence electrons. The molecule has 1 unspecified atom stereocenters. The number of nitrogens with zero attached hydrogens (tertiary/aromatic N) is 1. The zero-order valence-corrected chi connectivity index (χ0v) is 11.8. The number of hydrogen-bond donors (Lipinski definition) is 1. The summed E-state index contributed by atoms with van der Waals surface area (Å²) in [7, 11) is 2.22. The van der Waals surface area contributed by atoms with Crippen LogP contribution >= 0.6 is 0 Å². The van der Waals surface area contributed by atoms with Crippen molar-refractivity contribution < 1.29 is 4.42 Å². The average Bonchev–Trinajstić information content (AvgIpc) is 2.76. The van der Waals surface area contributed by atoms with E-state index in [0.717, 1.165) is 31.0 Å². The van der Waals surface area contributed by atoms with Crippen LogP contribution in [-0.4, -0.2) is 31.1 Å². The normalized spacial score (nSPS) is 20.3. The Balaban J connectivity index is 1.82. The molecule has 0 saturated carbocycles. The molecule has 19 heavy (non-hydrogen) atoms. The maximum Gasteiger partial charge on any atom is 0.134 e. The third-order valence-electron chi connectivity index (χ3n) is 4.20. The van der Waals surface area contributed by atoms with Crippen molar-refractivity contribution in [3.05, 3.63) is 35.6 Å². The van der Waals surface area contributed by atoms with Crippen molar-refractivity contribution >= 4 is 11.0 Å². The maximum absolute atomic E-state index is 5.84. The molecule has 1 aliphatic rings. The van der Waals surface area contributed by atoms with Crippen LogP contribution in [0.3, 0.4) is 0 Å². The lowest BCUT2D eigenvalue weighted by Gasteiger charge is -2.31. The lowest BCUT2D eigenvalue weighted by Crippen LogP contribution is -2.43. The fourth-order valence-electron chi connectivity index (χ4n) is 3.01. The average molecular weight is 258 g/mol. The van der Waals surface area contributed by atoms with Crippen LogP contribution < -0.4 is 5.32 Å². The van der Waals surface area contributed by atoms with Gasteiger partial charge in [-0.05, 0) is 39.4 Å². The van der Waals surface area contributed by atoms with E-state index in [9.17, 15) is 0 Å². The van der Waals surface area contributed by atoms with Gasteiger partial charge in [0.05, 0.1) is 0 Å². The van der Waals surface area contributed by atoms with Crippen LogP contribution in [0.2, 0.25) is 0 Å². The standard InChI is InChI=1S/C16H22N2O/c1-12-15(14-7-3-4-8-16(14)19-12)11-18(2)13-6-5-9-17-10-13/h3-4,7-8,13,17H,5-6,9-11H2,1-2H3. The van der Waals surface area contributed by atoms with E-state index in [1.807, 2.05) is 12.1 Å². The van der Waals surface area contributed by atoms with Gasteiger partial charge in [-0.25, -0.2) is 0 Å². The van der Waals surface area contributed by atoms with Gasteiger partial charge in [0.2, 0.25) is 0 Å². The van der Waals surface area contributed by atoms with Gasteiger partial charge in [0.1, 0.15) is 11.3 Å². The number of likely N-dealkylation sites (N-methyl/N-ethyl adjacent to an activating group) is 1. The number of piperidine rings is 1. The highest BCUT2D eigenvalue weighted by Gasteiger charge is 2.20. The summed E-state index contributed by atoms with van der Waals surface area (Å²) in [4.78, 5) is 2.45. The Morgan fingerprint density at radius 2 is 2.21 bits per heavy atom. The van der Waals surface area contributed by atoms with Crippen LogP contribution in [0.4, 0.5) is 0 Å². The Kier molecular flexibility index (Phi) is 3.58. The van der Waals surface area contributed by atoms with Gasteiger partial charge in [-0.1, -0.05) is 18.2 Å². The van der Waals surface area contributed by atoms with Gasteiger partial charge in [-0.3, -0.25) is 4.90 Å². The van der Waals surface area contributed by atoms with Gasteiger partial charge in [-0.2, -0.15) is 0 Å². The number of furan rings is 1. The van der Waals surface area contributed by atoms with Crippen LogP contribution in [0.5, 0.6) is 0 Å². The van der Waals surface area contributed by atoms with Crippen molar-refractivity contribution in [2.45, 2.75) is 32.4 Å². The summed E-state index contributed by atoms with van der Waals surface area (Å²) in [5, 5.41) is 4.74. The Morgan fingerprint density at radius 3 is 3.00 bits per heavy atom. The highest BCUT2D eigenvalue weighted by Crippen LogP contribution is 2.27. The molecule has 0 spiro atoms. The van der Waals surface area contributed by atoms with Crippen molar-refractivity contribution in [1.29, 1.82) is 0 Å². The second kappa shape index (κ2) is 5.35. The first kappa shape index (κ1) is 12.7. The summed E-state index contributed by atoms with van der Waals surface area (Å²) in [5.41, 5.74) is 2.34. The molecule has 0 bridgehead atoms. The largest absolute Gasteiger partial charge is 0.461 e. The van der Waals surface area contributed by atoms with Crippen LogP contribution in [0.25, 0.3) is 11.0 Å². The summed E-state index contributed by atoms with van der Waals surface area (Å²) in [6, 6.07) is 8.97. The highest BCUT2D eigenvalue weighted by molar-refractivity contribution is 5.82. The first-order valence-electron chi connectivity index (χ1n) is 7.13. The fraction of sp³-hybridized carbons (Fsp3) is 0.500. The van der Waals surface area contributed by atoms with Gasteiger partial charge in [0.15, 0.2) is 0 Å². The molecule has 1 atom stereocenters. The number of benzene rings is 1. The number of aryl methyl sites for hydroxylation is 1. The van der Waals surface area contributed by atoms with E-state index in [4.69, 9.17) is 4.42 Å². The predicted octanol–water partition coefficient (Wildman–Crippen LogP) is 2.93. The number of nitrogens with one attached hydrogen (secondary N) is 1. The second-order valence-electron chi connectivity index (χ2n) is 5.55. The minimum Gasteiger partial charge on any atom is -0.461 e. The van der Waals surface area contributed by atoms with E-state index in [1.165, 1.54) is 23.8 Å². The van der Waals surface area contributed by atoms with Gasteiger partial charge < -0.3 is 9.73 Å². The quantitative estimate of drug-likeness (QED) is 0.917. The minimum absolute atomic E-state index is 0.641. The molecule has 3 nitrogen and oxygen atoms in total.